The zero-order valence-corrected chi connectivity index (χ0v) is 13.7. The van der Waals surface area contributed by atoms with Gasteiger partial charge in [-0.15, -0.1) is 0 Å². The summed E-state index contributed by atoms with van der Waals surface area (Å²) < 4.78 is 0. The molecule has 23 heavy (non-hydrogen) atoms. The normalized spacial score (nSPS) is 15.0. The molecule has 0 bridgehead atoms. The number of aryl methyl sites for hydroxylation is 1. The van der Waals surface area contributed by atoms with Crippen molar-refractivity contribution >= 4 is 23.4 Å². The molecular weight excluding hydrogens is 312 g/mol. The summed E-state index contributed by atoms with van der Waals surface area (Å²) >= 11 is 5.95. The first-order chi connectivity index (χ1) is 11.2. The fourth-order valence-corrected chi connectivity index (χ4v) is 2.75. The third kappa shape index (κ3) is 3.99. The molecule has 1 aliphatic carbocycles. The van der Waals surface area contributed by atoms with Gasteiger partial charge in [0.2, 0.25) is 0 Å². The summed E-state index contributed by atoms with van der Waals surface area (Å²) in [5, 5.41) is 6.41. The number of pyridine rings is 2. The molecule has 0 radical (unpaired) electrons. The Morgan fingerprint density at radius 3 is 2.87 bits per heavy atom. The Balaban J connectivity index is 1.71. The number of nitrogens with zero attached hydrogens (tertiary/aromatic N) is 2. The van der Waals surface area contributed by atoms with E-state index in [1.165, 1.54) is 6.20 Å². The quantitative estimate of drug-likeness (QED) is 0.871. The Kier molecular flexibility index (Phi) is 4.76. The van der Waals surface area contributed by atoms with Gasteiger partial charge in [0.15, 0.2) is 0 Å². The number of anilines is 1. The molecular formula is C17H19ClN4O. The second kappa shape index (κ2) is 6.96. The van der Waals surface area contributed by atoms with Crippen LogP contribution in [0.4, 0.5) is 10.6 Å². The Labute approximate surface area is 140 Å². The predicted octanol–water partition coefficient (Wildman–Crippen LogP) is 3.97. The standard InChI is InChI=1S/C17H19ClN4O/c1-2-11-9-13(18)10-20-16(11)22-17(23)21-15(12-6-7-12)14-5-3-4-8-19-14/h3-5,8-10,12,15H,2,6-7H2,1H3,(H2,20,21,22,23). The maximum absolute atomic E-state index is 12.4. The summed E-state index contributed by atoms with van der Waals surface area (Å²) in [6, 6.07) is 7.25. The van der Waals surface area contributed by atoms with Crippen LogP contribution in [0.25, 0.3) is 0 Å². The van der Waals surface area contributed by atoms with E-state index in [4.69, 9.17) is 11.6 Å². The summed E-state index contributed by atoms with van der Waals surface area (Å²) in [5.41, 5.74) is 1.80. The van der Waals surface area contributed by atoms with E-state index in [1.807, 2.05) is 31.2 Å². The molecule has 0 aliphatic heterocycles. The van der Waals surface area contributed by atoms with Crippen molar-refractivity contribution in [2.75, 3.05) is 5.32 Å². The van der Waals surface area contributed by atoms with Gasteiger partial charge < -0.3 is 5.32 Å². The van der Waals surface area contributed by atoms with Crippen molar-refractivity contribution in [3.8, 4) is 0 Å². The number of urea groups is 1. The lowest BCUT2D eigenvalue weighted by atomic mass is 10.1. The number of aromatic nitrogens is 2. The van der Waals surface area contributed by atoms with Crippen LogP contribution in [0.5, 0.6) is 0 Å². The lowest BCUT2D eigenvalue weighted by Gasteiger charge is -2.18. The van der Waals surface area contributed by atoms with Crippen LogP contribution in [0.1, 0.15) is 37.1 Å². The molecule has 1 fully saturated rings. The largest absolute Gasteiger partial charge is 0.329 e. The van der Waals surface area contributed by atoms with Crippen molar-refractivity contribution in [3.63, 3.8) is 0 Å². The number of halogens is 1. The second-order valence-electron chi connectivity index (χ2n) is 5.68. The van der Waals surface area contributed by atoms with Crippen LogP contribution in [-0.2, 0) is 6.42 Å². The molecule has 2 aromatic heterocycles. The monoisotopic (exact) mass is 330 g/mol. The average Bonchev–Trinajstić information content (AvgIpc) is 3.40. The van der Waals surface area contributed by atoms with Gasteiger partial charge in [0, 0.05) is 12.4 Å². The molecule has 0 aromatic carbocycles. The van der Waals surface area contributed by atoms with E-state index in [-0.39, 0.29) is 12.1 Å². The van der Waals surface area contributed by atoms with E-state index < -0.39 is 0 Å². The fraction of sp³-hybridized carbons (Fsp3) is 0.353. The minimum Gasteiger partial charge on any atom is -0.329 e. The molecule has 0 spiro atoms. The lowest BCUT2D eigenvalue weighted by molar-refractivity contribution is 0.246. The van der Waals surface area contributed by atoms with Crippen molar-refractivity contribution in [2.24, 2.45) is 5.92 Å². The van der Waals surface area contributed by atoms with Crippen LogP contribution in [0.2, 0.25) is 5.02 Å². The van der Waals surface area contributed by atoms with Crippen LogP contribution in [-0.4, -0.2) is 16.0 Å². The van der Waals surface area contributed by atoms with E-state index in [1.54, 1.807) is 6.20 Å². The highest BCUT2D eigenvalue weighted by Gasteiger charge is 2.34. The highest BCUT2D eigenvalue weighted by atomic mass is 35.5. The SMILES string of the molecule is CCc1cc(Cl)cnc1NC(=O)NC(c1ccccn1)C1CC1. The molecule has 1 unspecified atom stereocenters. The van der Waals surface area contributed by atoms with Crippen LogP contribution in [0.15, 0.2) is 36.7 Å². The van der Waals surface area contributed by atoms with Crippen LogP contribution in [0, 0.1) is 5.92 Å². The van der Waals surface area contributed by atoms with Gasteiger partial charge >= 0.3 is 6.03 Å². The van der Waals surface area contributed by atoms with Gasteiger partial charge in [0.25, 0.3) is 0 Å². The topological polar surface area (TPSA) is 66.9 Å². The van der Waals surface area contributed by atoms with Gasteiger partial charge in [-0.05, 0) is 48.9 Å². The molecule has 2 amide bonds. The summed E-state index contributed by atoms with van der Waals surface area (Å²) in [7, 11) is 0. The van der Waals surface area contributed by atoms with Crippen LogP contribution in [0.3, 0.4) is 0 Å². The van der Waals surface area contributed by atoms with Gasteiger partial charge in [-0.3, -0.25) is 10.3 Å². The summed E-state index contributed by atoms with van der Waals surface area (Å²) in [6.07, 6.45) is 6.25. The van der Waals surface area contributed by atoms with Crippen molar-refractivity contribution < 1.29 is 4.79 Å². The molecule has 120 valence electrons. The molecule has 2 aromatic rings. The van der Waals surface area contributed by atoms with Crippen molar-refractivity contribution in [1.82, 2.24) is 15.3 Å². The van der Waals surface area contributed by atoms with Gasteiger partial charge in [-0.1, -0.05) is 24.6 Å². The second-order valence-corrected chi connectivity index (χ2v) is 6.12. The first-order valence-corrected chi connectivity index (χ1v) is 8.18. The predicted molar refractivity (Wildman–Crippen MR) is 90.5 cm³/mol. The zero-order valence-electron chi connectivity index (χ0n) is 12.9. The summed E-state index contributed by atoms with van der Waals surface area (Å²) in [4.78, 5) is 20.9. The maximum Gasteiger partial charge on any atom is 0.320 e. The molecule has 1 saturated carbocycles. The first kappa shape index (κ1) is 15.7. The van der Waals surface area contributed by atoms with E-state index in [2.05, 4.69) is 20.6 Å². The van der Waals surface area contributed by atoms with E-state index in [0.717, 1.165) is 30.5 Å². The number of hydrogen-bond donors (Lipinski definition) is 2. The summed E-state index contributed by atoms with van der Waals surface area (Å²) in [6.45, 7) is 2.00. The van der Waals surface area contributed by atoms with Crippen LogP contribution < -0.4 is 10.6 Å². The summed E-state index contributed by atoms with van der Waals surface area (Å²) in [5.74, 6) is 1.00. The van der Waals surface area contributed by atoms with Crippen LogP contribution >= 0.6 is 11.6 Å². The molecule has 0 saturated heterocycles. The Morgan fingerprint density at radius 1 is 1.39 bits per heavy atom. The molecule has 2 heterocycles. The zero-order chi connectivity index (χ0) is 16.2. The van der Waals surface area contributed by atoms with Crippen molar-refractivity contribution in [2.45, 2.75) is 32.2 Å². The molecule has 1 aliphatic rings. The fourth-order valence-electron chi connectivity index (χ4n) is 2.57. The van der Waals surface area contributed by atoms with Gasteiger partial charge in [0.1, 0.15) is 5.82 Å². The van der Waals surface area contributed by atoms with Crippen molar-refractivity contribution in [3.05, 3.63) is 52.9 Å². The minimum absolute atomic E-state index is 0.0615. The van der Waals surface area contributed by atoms with E-state index >= 15 is 0 Å². The number of carbonyl (C=O) groups excluding carboxylic acids is 1. The maximum atomic E-state index is 12.4. The molecule has 2 N–H and O–H groups in total. The molecule has 3 rings (SSSR count). The number of hydrogen-bond acceptors (Lipinski definition) is 3. The number of nitrogens with one attached hydrogen (secondary N) is 2. The number of amides is 2. The highest BCUT2D eigenvalue weighted by molar-refractivity contribution is 6.30. The van der Waals surface area contributed by atoms with Crippen molar-refractivity contribution in [1.29, 1.82) is 0 Å². The average molecular weight is 331 g/mol. The molecule has 1 atom stereocenters. The minimum atomic E-state index is -0.267. The third-order valence-corrected chi connectivity index (χ3v) is 4.14. The van der Waals surface area contributed by atoms with Gasteiger partial charge in [-0.25, -0.2) is 9.78 Å². The molecule has 5 nitrogen and oxygen atoms in total. The smallest absolute Gasteiger partial charge is 0.320 e. The first-order valence-electron chi connectivity index (χ1n) is 7.80. The Morgan fingerprint density at radius 2 is 2.22 bits per heavy atom. The number of rotatable bonds is 5. The van der Waals surface area contributed by atoms with Gasteiger partial charge in [-0.2, -0.15) is 0 Å². The lowest BCUT2D eigenvalue weighted by Crippen LogP contribution is -2.34. The van der Waals surface area contributed by atoms with E-state index in [9.17, 15) is 4.79 Å². The van der Waals surface area contributed by atoms with Gasteiger partial charge in [0.05, 0.1) is 16.8 Å². The third-order valence-electron chi connectivity index (χ3n) is 3.93. The molecule has 6 heteroatoms. The van der Waals surface area contributed by atoms with E-state index in [0.29, 0.717) is 16.8 Å². The Hall–Kier alpha value is -2.14. The number of carbonyl (C=O) groups is 1. The Bertz CT molecular complexity index is 688. The highest BCUT2D eigenvalue weighted by Crippen LogP contribution is 2.40.